The molecule has 0 radical (unpaired) electrons. The lowest BCUT2D eigenvalue weighted by Crippen LogP contribution is -2.58. The third kappa shape index (κ3) is 3.41. The van der Waals surface area contributed by atoms with Crippen molar-refractivity contribution in [3.05, 3.63) is 0 Å². The van der Waals surface area contributed by atoms with Crippen LogP contribution < -0.4 is 11.1 Å². The summed E-state index contributed by atoms with van der Waals surface area (Å²) < 4.78 is 5.89. The Morgan fingerprint density at radius 1 is 1.43 bits per heavy atom. The zero-order valence-corrected chi connectivity index (χ0v) is 13.1. The number of nitrogens with zero attached hydrogens (tertiary/aromatic N) is 1. The Balaban J connectivity index is 1.47. The maximum atomic E-state index is 12.4. The molecule has 3 N–H and O–H groups in total. The molecule has 21 heavy (non-hydrogen) atoms. The minimum Gasteiger partial charge on any atom is -0.373 e. The molecule has 0 aromatic heterocycles. The monoisotopic (exact) mass is 295 g/mol. The van der Waals surface area contributed by atoms with E-state index in [1.807, 2.05) is 0 Å². The van der Waals surface area contributed by atoms with E-state index < -0.39 is 5.54 Å². The van der Waals surface area contributed by atoms with Gasteiger partial charge in [-0.05, 0) is 38.1 Å². The normalized spacial score (nSPS) is 40.8. The van der Waals surface area contributed by atoms with E-state index in [1.165, 1.54) is 25.8 Å². The van der Waals surface area contributed by atoms with Crippen LogP contribution in [0.3, 0.4) is 0 Å². The second-order valence-electron chi connectivity index (χ2n) is 7.31. The first-order chi connectivity index (χ1) is 10.1. The Morgan fingerprint density at radius 2 is 2.29 bits per heavy atom. The Kier molecular flexibility index (Phi) is 4.52. The van der Waals surface area contributed by atoms with Gasteiger partial charge in [-0.3, -0.25) is 9.69 Å². The van der Waals surface area contributed by atoms with Crippen molar-refractivity contribution in [2.24, 2.45) is 11.7 Å². The zero-order chi connectivity index (χ0) is 14.9. The summed E-state index contributed by atoms with van der Waals surface area (Å²) >= 11 is 0. The topological polar surface area (TPSA) is 67.6 Å². The molecule has 2 heterocycles. The van der Waals surface area contributed by atoms with Gasteiger partial charge in [0.15, 0.2) is 0 Å². The largest absolute Gasteiger partial charge is 0.373 e. The minimum absolute atomic E-state index is 0.0150. The maximum absolute atomic E-state index is 12.4. The van der Waals surface area contributed by atoms with Crippen molar-refractivity contribution in [3.63, 3.8) is 0 Å². The van der Waals surface area contributed by atoms with Gasteiger partial charge in [0.25, 0.3) is 0 Å². The summed E-state index contributed by atoms with van der Waals surface area (Å²) in [5.74, 6) is 0.562. The third-order valence-corrected chi connectivity index (χ3v) is 5.44. The van der Waals surface area contributed by atoms with E-state index in [0.717, 1.165) is 32.4 Å². The number of nitrogens with two attached hydrogens (primary N) is 1. The van der Waals surface area contributed by atoms with Crippen molar-refractivity contribution in [1.82, 2.24) is 10.2 Å². The van der Waals surface area contributed by atoms with Gasteiger partial charge >= 0.3 is 0 Å². The Bertz CT molecular complexity index is 390. The SMILES string of the molecule is CC1CCCC(N)(C(=O)NCC2CN3CCCC3CO2)C1. The minimum atomic E-state index is -0.664. The molecule has 3 fully saturated rings. The van der Waals surface area contributed by atoms with E-state index in [1.54, 1.807) is 0 Å². The van der Waals surface area contributed by atoms with Gasteiger partial charge in [-0.25, -0.2) is 0 Å². The molecule has 3 rings (SSSR count). The highest BCUT2D eigenvalue weighted by Gasteiger charge is 2.38. The molecular formula is C16H29N3O2. The molecule has 0 aromatic carbocycles. The van der Waals surface area contributed by atoms with Crippen LogP contribution in [-0.2, 0) is 9.53 Å². The van der Waals surface area contributed by atoms with Crippen molar-refractivity contribution in [2.75, 3.05) is 26.2 Å². The molecule has 1 aliphatic carbocycles. The molecule has 2 saturated heterocycles. The Morgan fingerprint density at radius 3 is 3.10 bits per heavy atom. The number of morpholine rings is 1. The molecule has 3 aliphatic rings. The van der Waals surface area contributed by atoms with Gasteiger partial charge in [0.05, 0.1) is 18.2 Å². The third-order valence-electron chi connectivity index (χ3n) is 5.44. The quantitative estimate of drug-likeness (QED) is 0.811. The summed E-state index contributed by atoms with van der Waals surface area (Å²) in [7, 11) is 0. The number of hydrogen-bond donors (Lipinski definition) is 2. The summed E-state index contributed by atoms with van der Waals surface area (Å²) in [6, 6.07) is 0.608. The lowest BCUT2D eigenvalue weighted by Gasteiger charge is -2.37. The fraction of sp³-hybridized carbons (Fsp3) is 0.938. The molecule has 4 atom stereocenters. The van der Waals surface area contributed by atoms with Crippen LogP contribution in [0.25, 0.3) is 0 Å². The first kappa shape index (κ1) is 15.3. The van der Waals surface area contributed by atoms with Crippen LogP contribution in [0.1, 0.15) is 45.4 Å². The number of carbonyl (C=O) groups is 1. The van der Waals surface area contributed by atoms with E-state index >= 15 is 0 Å². The van der Waals surface area contributed by atoms with Crippen LogP contribution in [0.4, 0.5) is 0 Å². The van der Waals surface area contributed by atoms with E-state index in [0.29, 0.717) is 18.5 Å². The van der Waals surface area contributed by atoms with Crippen molar-refractivity contribution < 1.29 is 9.53 Å². The van der Waals surface area contributed by atoms with Gasteiger partial charge in [0.2, 0.25) is 5.91 Å². The van der Waals surface area contributed by atoms with E-state index in [9.17, 15) is 4.79 Å². The van der Waals surface area contributed by atoms with Crippen molar-refractivity contribution in [2.45, 2.75) is 63.1 Å². The van der Waals surface area contributed by atoms with Gasteiger partial charge in [0, 0.05) is 19.1 Å². The van der Waals surface area contributed by atoms with Gasteiger partial charge in [-0.2, -0.15) is 0 Å². The number of rotatable bonds is 3. The van der Waals surface area contributed by atoms with Crippen LogP contribution >= 0.6 is 0 Å². The van der Waals surface area contributed by atoms with Crippen molar-refractivity contribution in [3.8, 4) is 0 Å². The second-order valence-corrected chi connectivity index (χ2v) is 7.31. The van der Waals surface area contributed by atoms with Gasteiger partial charge in [-0.15, -0.1) is 0 Å². The molecule has 4 unspecified atom stereocenters. The van der Waals surface area contributed by atoms with Crippen LogP contribution in [0.2, 0.25) is 0 Å². The number of amides is 1. The smallest absolute Gasteiger partial charge is 0.240 e. The fourth-order valence-corrected chi connectivity index (χ4v) is 4.19. The summed E-state index contributed by atoms with van der Waals surface area (Å²) in [6.07, 6.45) is 6.50. The maximum Gasteiger partial charge on any atom is 0.240 e. The second kappa shape index (κ2) is 6.23. The molecule has 1 amide bonds. The fourth-order valence-electron chi connectivity index (χ4n) is 4.19. The highest BCUT2D eigenvalue weighted by Crippen LogP contribution is 2.30. The molecule has 0 bridgehead atoms. The molecular weight excluding hydrogens is 266 g/mol. The number of hydrogen-bond acceptors (Lipinski definition) is 4. The van der Waals surface area contributed by atoms with Crippen LogP contribution in [0.15, 0.2) is 0 Å². The molecule has 1 saturated carbocycles. The van der Waals surface area contributed by atoms with Crippen LogP contribution in [0, 0.1) is 5.92 Å². The molecule has 0 aromatic rings. The molecule has 5 heteroatoms. The highest BCUT2D eigenvalue weighted by molar-refractivity contribution is 5.86. The number of fused-ring (bicyclic) bond motifs is 1. The molecule has 2 aliphatic heterocycles. The summed E-state index contributed by atoms with van der Waals surface area (Å²) in [5, 5.41) is 3.05. The lowest BCUT2D eigenvalue weighted by atomic mass is 9.76. The average Bonchev–Trinajstić information content (AvgIpc) is 2.92. The van der Waals surface area contributed by atoms with Gasteiger partial charge < -0.3 is 15.8 Å². The molecule has 120 valence electrons. The predicted molar refractivity (Wildman–Crippen MR) is 81.9 cm³/mol. The number of carbonyl (C=O) groups excluding carboxylic acids is 1. The van der Waals surface area contributed by atoms with Crippen molar-refractivity contribution in [1.29, 1.82) is 0 Å². The highest BCUT2D eigenvalue weighted by atomic mass is 16.5. The lowest BCUT2D eigenvalue weighted by molar-refractivity contribution is -0.129. The summed E-state index contributed by atoms with van der Waals surface area (Å²) in [5.41, 5.74) is 5.67. The Labute approximate surface area is 127 Å². The van der Waals surface area contributed by atoms with E-state index in [2.05, 4.69) is 17.1 Å². The van der Waals surface area contributed by atoms with Gasteiger partial charge in [-0.1, -0.05) is 19.8 Å². The molecule has 5 nitrogen and oxygen atoms in total. The van der Waals surface area contributed by atoms with E-state index in [4.69, 9.17) is 10.5 Å². The predicted octanol–water partition coefficient (Wildman–Crippen LogP) is 0.873. The van der Waals surface area contributed by atoms with E-state index in [-0.39, 0.29) is 12.0 Å². The number of ether oxygens (including phenoxy) is 1. The van der Waals surface area contributed by atoms with Gasteiger partial charge in [0.1, 0.15) is 0 Å². The summed E-state index contributed by atoms with van der Waals surface area (Å²) in [4.78, 5) is 14.9. The average molecular weight is 295 g/mol. The first-order valence-corrected chi connectivity index (χ1v) is 8.50. The number of nitrogens with one attached hydrogen (secondary N) is 1. The van der Waals surface area contributed by atoms with Crippen LogP contribution in [0.5, 0.6) is 0 Å². The first-order valence-electron chi connectivity index (χ1n) is 8.50. The van der Waals surface area contributed by atoms with Crippen LogP contribution in [-0.4, -0.2) is 54.7 Å². The molecule has 0 spiro atoms. The Hall–Kier alpha value is -0.650. The standard InChI is InChI=1S/C16H29N3O2/c1-12-4-2-6-16(17,8-12)15(20)18-9-14-10-19-7-3-5-13(19)11-21-14/h12-14H,2-11,17H2,1H3,(H,18,20). The summed E-state index contributed by atoms with van der Waals surface area (Å²) in [6.45, 7) is 5.71. The zero-order valence-electron chi connectivity index (χ0n) is 13.1. The van der Waals surface area contributed by atoms with Crippen molar-refractivity contribution >= 4 is 5.91 Å².